The van der Waals surface area contributed by atoms with Crippen molar-refractivity contribution in [1.82, 2.24) is 4.98 Å². The average Bonchev–Trinajstić information content (AvgIpc) is 2.18. The number of pyridine rings is 1. The van der Waals surface area contributed by atoms with Gasteiger partial charge in [0.1, 0.15) is 5.82 Å². The number of aromatic nitrogens is 1. The summed E-state index contributed by atoms with van der Waals surface area (Å²) >= 11 is 0. The molecule has 1 heterocycles. The van der Waals surface area contributed by atoms with E-state index < -0.39 is 10.0 Å². The average molecular weight is 229 g/mol. The largest absolute Gasteiger partial charge is 0.384 e. The topological polar surface area (TPSA) is 76.3 Å². The lowest BCUT2D eigenvalue weighted by molar-refractivity contribution is 0.593. The molecule has 0 aliphatic heterocycles. The molecule has 0 aliphatic rings. The Morgan fingerprint density at radius 3 is 2.60 bits per heavy atom. The molecule has 0 unspecified atom stereocenters. The van der Waals surface area contributed by atoms with Crippen molar-refractivity contribution in [3.63, 3.8) is 0 Å². The maximum atomic E-state index is 11.7. The third-order valence-corrected chi connectivity index (χ3v) is 3.98. The van der Waals surface area contributed by atoms with Crippen LogP contribution in [-0.2, 0) is 10.0 Å². The molecule has 2 N–H and O–H groups in total. The van der Waals surface area contributed by atoms with Crippen LogP contribution < -0.4 is 10.0 Å². The minimum absolute atomic E-state index is 0.133. The van der Waals surface area contributed by atoms with Crippen molar-refractivity contribution in [3.8, 4) is 0 Å². The molecule has 0 bridgehead atoms. The summed E-state index contributed by atoms with van der Waals surface area (Å²) in [6.07, 6.45) is 2.04. The van der Waals surface area contributed by atoms with E-state index in [-0.39, 0.29) is 5.75 Å². The fourth-order valence-corrected chi connectivity index (χ4v) is 2.36. The molecule has 0 spiro atoms. The number of rotatable bonds is 4. The fraction of sp³-hybridized carbons (Fsp3) is 0.444. The number of hydrogen-bond acceptors (Lipinski definition) is 4. The number of nitrogens with two attached hydrogens (primary N) is 1. The van der Waals surface area contributed by atoms with Crippen LogP contribution in [0.4, 0.5) is 11.5 Å². The third kappa shape index (κ3) is 2.82. The first-order valence-corrected chi connectivity index (χ1v) is 6.26. The van der Waals surface area contributed by atoms with Gasteiger partial charge in [-0.25, -0.2) is 13.4 Å². The van der Waals surface area contributed by atoms with Gasteiger partial charge in [0.25, 0.3) is 0 Å². The lowest BCUT2D eigenvalue weighted by Crippen LogP contribution is -2.28. The van der Waals surface area contributed by atoms with Crippen molar-refractivity contribution in [2.75, 3.05) is 22.8 Å². The third-order valence-electron chi connectivity index (χ3n) is 2.01. The smallest absolute Gasteiger partial charge is 0.234 e. The summed E-state index contributed by atoms with van der Waals surface area (Å²) < 4.78 is 24.6. The molecule has 84 valence electrons. The van der Waals surface area contributed by atoms with Crippen LogP contribution in [0, 0.1) is 0 Å². The first kappa shape index (κ1) is 11.8. The first-order valence-electron chi connectivity index (χ1n) is 4.65. The fourth-order valence-electron chi connectivity index (χ4n) is 1.14. The number of sulfonamides is 1. The lowest BCUT2D eigenvalue weighted by Gasteiger charge is -2.18. The second-order valence-electron chi connectivity index (χ2n) is 3.22. The standard InChI is InChI=1S/C9H15N3O2S/c1-3-6-15(13,14)12(2)8-4-5-9(10)11-7-8/h4-5,7H,3,6H2,1-2H3,(H2,10,11). The van der Waals surface area contributed by atoms with Gasteiger partial charge in [0.15, 0.2) is 0 Å². The molecule has 1 aromatic heterocycles. The molecule has 0 aromatic carbocycles. The van der Waals surface area contributed by atoms with Crippen molar-refractivity contribution < 1.29 is 8.42 Å². The summed E-state index contributed by atoms with van der Waals surface area (Å²) in [6, 6.07) is 3.21. The minimum Gasteiger partial charge on any atom is -0.384 e. The number of nitrogens with zero attached hydrogens (tertiary/aromatic N) is 2. The number of nitrogen functional groups attached to an aromatic ring is 1. The van der Waals surface area contributed by atoms with Crippen molar-refractivity contribution >= 4 is 21.5 Å². The number of anilines is 2. The zero-order valence-corrected chi connectivity index (χ0v) is 9.66. The van der Waals surface area contributed by atoms with Gasteiger partial charge in [-0.05, 0) is 18.6 Å². The van der Waals surface area contributed by atoms with E-state index in [0.29, 0.717) is 17.9 Å². The molecule has 0 amide bonds. The predicted octanol–water partition coefficient (Wildman–Crippen LogP) is 0.840. The molecule has 6 heteroatoms. The molecule has 0 aliphatic carbocycles. The molecule has 0 fully saturated rings. The molecule has 5 nitrogen and oxygen atoms in total. The zero-order chi connectivity index (χ0) is 11.5. The predicted molar refractivity (Wildman–Crippen MR) is 61.1 cm³/mol. The molecule has 0 atom stereocenters. The van der Waals surface area contributed by atoms with E-state index in [0.717, 1.165) is 0 Å². The van der Waals surface area contributed by atoms with Crippen LogP contribution in [0.3, 0.4) is 0 Å². The molecule has 0 saturated heterocycles. The Morgan fingerprint density at radius 1 is 1.47 bits per heavy atom. The Bertz CT molecular complexity index is 413. The zero-order valence-electron chi connectivity index (χ0n) is 8.84. The maximum Gasteiger partial charge on any atom is 0.234 e. The van der Waals surface area contributed by atoms with Crippen molar-refractivity contribution in [2.24, 2.45) is 0 Å². The van der Waals surface area contributed by atoms with E-state index in [9.17, 15) is 8.42 Å². The highest BCUT2D eigenvalue weighted by Gasteiger charge is 2.16. The van der Waals surface area contributed by atoms with E-state index in [1.54, 1.807) is 12.1 Å². The van der Waals surface area contributed by atoms with Crippen LogP contribution in [-0.4, -0.2) is 26.2 Å². The molecule has 0 radical (unpaired) electrons. The van der Waals surface area contributed by atoms with Gasteiger partial charge in [0, 0.05) is 7.05 Å². The van der Waals surface area contributed by atoms with Gasteiger partial charge >= 0.3 is 0 Å². The first-order chi connectivity index (χ1) is 6.97. The summed E-state index contributed by atoms with van der Waals surface area (Å²) in [6.45, 7) is 1.83. The van der Waals surface area contributed by atoms with Crippen molar-refractivity contribution in [2.45, 2.75) is 13.3 Å². The molecule has 1 rings (SSSR count). The van der Waals surface area contributed by atoms with Crippen molar-refractivity contribution in [1.29, 1.82) is 0 Å². The van der Waals surface area contributed by atoms with Gasteiger partial charge < -0.3 is 5.73 Å². The molecule has 0 saturated carbocycles. The molecular weight excluding hydrogens is 214 g/mol. The van der Waals surface area contributed by atoms with Crippen LogP contribution in [0.15, 0.2) is 18.3 Å². The van der Waals surface area contributed by atoms with E-state index in [1.807, 2.05) is 6.92 Å². The van der Waals surface area contributed by atoms with Gasteiger partial charge in [-0.2, -0.15) is 0 Å². The summed E-state index contributed by atoms with van der Waals surface area (Å²) in [5, 5.41) is 0. The summed E-state index contributed by atoms with van der Waals surface area (Å²) in [4.78, 5) is 3.85. The van der Waals surface area contributed by atoms with Crippen LogP contribution in [0.2, 0.25) is 0 Å². The van der Waals surface area contributed by atoms with Gasteiger partial charge in [-0.1, -0.05) is 6.92 Å². The quantitative estimate of drug-likeness (QED) is 0.830. The van der Waals surface area contributed by atoms with Crippen LogP contribution in [0.25, 0.3) is 0 Å². The summed E-state index contributed by atoms with van der Waals surface area (Å²) in [5.41, 5.74) is 5.94. The van der Waals surface area contributed by atoms with Crippen LogP contribution in [0.1, 0.15) is 13.3 Å². The van der Waals surface area contributed by atoms with E-state index >= 15 is 0 Å². The SMILES string of the molecule is CCCS(=O)(=O)N(C)c1ccc(N)nc1. The summed E-state index contributed by atoms with van der Waals surface area (Å²) in [7, 11) is -1.71. The highest BCUT2D eigenvalue weighted by molar-refractivity contribution is 7.92. The second-order valence-corrected chi connectivity index (χ2v) is 5.34. The lowest BCUT2D eigenvalue weighted by atomic mass is 10.4. The van der Waals surface area contributed by atoms with Crippen LogP contribution >= 0.6 is 0 Å². The van der Waals surface area contributed by atoms with Crippen LogP contribution in [0.5, 0.6) is 0 Å². The number of hydrogen-bond donors (Lipinski definition) is 1. The van der Waals surface area contributed by atoms with Gasteiger partial charge in [-0.3, -0.25) is 4.31 Å². The Kier molecular flexibility index (Phi) is 3.52. The maximum absolute atomic E-state index is 11.7. The van der Waals surface area contributed by atoms with E-state index in [4.69, 9.17) is 5.73 Å². The van der Waals surface area contributed by atoms with Crippen molar-refractivity contribution in [3.05, 3.63) is 18.3 Å². The highest BCUT2D eigenvalue weighted by Crippen LogP contribution is 2.16. The molecule has 1 aromatic rings. The van der Waals surface area contributed by atoms with E-state index in [1.165, 1.54) is 17.5 Å². The Balaban J connectivity index is 2.94. The second kappa shape index (κ2) is 4.48. The minimum atomic E-state index is -3.22. The summed E-state index contributed by atoms with van der Waals surface area (Å²) in [5.74, 6) is 0.508. The Labute approximate surface area is 90.0 Å². The monoisotopic (exact) mass is 229 g/mol. The Morgan fingerprint density at radius 2 is 2.13 bits per heavy atom. The normalized spacial score (nSPS) is 11.3. The molecular formula is C9H15N3O2S. The highest BCUT2D eigenvalue weighted by atomic mass is 32.2. The van der Waals surface area contributed by atoms with E-state index in [2.05, 4.69) is 4.98 Å². The molecule has 15 heavy (non-hydrogen) atoms. The van der Waals surface area contributed by atoms with Gasteiger partial charge in [-0.15, -0.1) is 0 Å². The Hall–Kier alpha value is -1.30. The van der Waals surface area contributed by atoms with Gasteiger partial charge in [0.2, 0.25) is 10.0 Å². The van der Waals surface area contributed by atoms with Gasteiger partial charge in [0.05, 0.1) is 17.6 Å².